The van der Waals surface area contributed by atoms with E-state index in [-0.39, 0.29) is 16.9 Å². The second-order valence-electron chi connectivity index (χ2n) is 7.90. The Morgan fingerprint density at radius 2 is 1.69 bits per heavy atom. The lowest BCUT2D eigenvalue weighted by Gasteiger charge is -2.16. The van der Waals surface area contributed by atoms with E-state index in [2.05, 4.69) is 5.32 Å². The number of hydrogen-bond acceptors (Lipinski definition) is 6. The van der Waals surface area contributed by atoms with Crippen molar-refractivity contribution in [1.29, 1.82) is 0 Å². The van der Waals surface area contributed by atoms with E-state index in [4.69, 9.17) is 29.9 Å². The molecule has 0 saturated heterocycles. The Balaban J connectivity index is 1.36. The van der Waals surface area contributed by atoms with E-state index < -0.39 is 17.4 Å². The molecule has 5 rings (SSSR count). The van der Waals surface area contributed by atoms with Gasteiger partial charge in [-0.2, -0.15) is 0 Å². The first-order chi connectivity index (χ1) is 17.5. The van der Waals surface area contributed by atoms with Crippen molar-refractivity contribution in [2.45, 2.75) is 13.0 Å². The number of fused-ring (bicyclic) bond motifs is 1. The Kier molecular flexibility index (Phi) is 6.47. The van der Waals surface area contributed by atoms with Crippen LogP contribution < -0.4 is 20.2 Å². The predicted octanol–water partition coefficient (Wildman–Crippen LogP) is 6.90. The van der Waals surface area contributed by atoms with Crippen LogP contribution in [0.1, 0.15) is 6.92 Å². The van der Waals surface area contributed by atoms with Crippen LogP contribution in [0.4, 0.5) is 5.69 Å². The van der Waals surface area contributed by atoms with Gasteiger partial charge in [-0.15, -0.1) is 0 Å². The largest absolute Gasteiger partial charge is 0.473 e. The maximum atomic E-state index is 13.3. The minimum Gasteiger partial charge on any atom is -0.473 e. The summed E-state index contributed by atoms with van der Waals surface area (Å²) in [5.74, 6) is 1.11. The van der Waals surface area contributed by atoms with Gasteiger partial charge in [-0.1, -0.05) is 29.8 Å². The third-order valence-corrected chi connectivity index (χ3v) is 5.56. The van der Waals surface area contributed by atoms with Crippen molar-refractivity contribution in [3.8, 4) is 28.8 Å². The van der Waals surface area contributed by atoms with Crippen molar-refractivity contribution >= 4 is 34.2 Å². The topological polar surface area (TPSA) is 90.9 Å². The third-order valence-electron chi connectivity index (χ3n) is 5.32. The maximum absolute atomic E-state index is 13.3. The van der Waals surface area contributed by atoms with Crippen LogP contribution in [0.5, 0.6) is 17.2 Å². The zero-order valence-electron chi connectivity index (χ0n) is 19.1. The second-order valence-corrected chi connectivity index (χ2v) is 8.33. The quantitative estimate of drug-likeness (QED) is 0.261. The number of para-hydroxylation sites is 1. The van der Waals surface area contributed by atoms with Crippen molar-refractivity contribution in [3.63, 3.8) is 0 Å². The van der Waals surface area contributed by atoms with Gasteiger partial charge in [0, 0.05) is 10.7 Å². The Morgan fingerprint density at radius 1 is 0.944 bits per heavy atom. The number of halogens is 1. The Hall–Kier alpha value is -4.49. The molecule has 1 N–H and O–H groups in total. The summed E-state index contributed by atoms with van der Waals surface area (Å²) >= 11 is 6.07. The van der Waals surface area contributed by atoms with Gasteiger partial charge in [0.05, 0.1) is 11.6 Å². The molecule has 1 unspecified atom stereocenters. The monoisotopic (exact) mass is 501 g/mol. The zero-order chi connectivity index (χ0) is 25.1. The average molecular weight is 502 g/mol. The van der Waals surface area contributed by atoms with Crippen LogP contribution >= 0.6 is 11.6 Å². The van der Waals surface area contributed by atoms with Crippen molar-refractivity contribution in [3.05, 3.63) is 106 Å². The molecule has 0 spiro atoms. The molecular formula is C28H20ClNO6. The van der Waals surface area contributed by atoms with Crippen LogP contribution in [0.25, 0.3) is 22.5 Å². The number of amides is 1. The number of hydrogen-bond donors (Lipinski definition) is 1. The fourth-order valence-corrected chi connectivity index (χ4v) is 3.70. The molecule has 3 aromatic carbocycles. The summed E-state index contributed by atoms with van der Waals surface area (Å²) in [6.07, 6.45) is 0.422. The molecule has 0 fully saturated rings. The van der Waals surface area contributed by atoms with E-state index in [1.54, 1.807) is 48.5 Å². The molecule has 0 bridgehead atoms. The summed E-state index contributed by atoms with van der Waals surface area (Å²) in [6, 6.07) is 24.3. The Bertz CT molecular complexity index is 1560. The molecule has 0 aliphatic rings. The highest BCUT2D eigenvalue weighted by Crippen LogP contribution is 2.32. The summed E-state index contributed by atoms with van der Waals surface area (Å²) in [5, 5.41) is 3.38. The first kappa shape index (κ1) is 23.3. The molecule has 5 aromatic rings. The van der Waals surface area contributed by atoms with Crippen molar-refractivity contribution in [2.75, 3.05) is 5.32 Å². The number of benzene rings is 3. The van der Waals surface area contributed by atoms with Gasteiger partial charge in [0.25, 0.3) is 5.91 Å². The van der Waals surface area contributed by atoms with Gasteiger partial charge in [0.1, 0.15) is 17.1 Å². The van der Waals surface area contributed by atoms with E-state index in [1.165, 1.54) is 19.3 Å². The van der Waals surface area contributed by atoms with Gasteiger partial charge in [0.15, 0.2) is 11.9 Å². The van der Waals surface area contributed by atoms with Gasteiger partial charge in [0.2, 0.25) is 16.9 Å². The molecular weight excluding hydrogens is 482 g/mol. The van der Waals surface area contributed by atoms with Crippen LogP contribution in [-0.4, -0.2) is 12.0 Å². The fourth-order valence-electron chi connectivity index (χ4n) is 3.53. The summed E-state index contributed by atoms with van der Waals surface area (Å²) in [5.41, 5.74) is 0.393. The highest BCUT2D eigenvalue weighted by Gasteiger charge is 2.24. The highest BCUT2D eigenvalue weighted by atomic mass is 35.5. The number of anilines is 1. The predicted molar refractivity (Wildman–Crippen MR) is 137 cm³/mol. The SMILES string of the molecule is CC(Oc1c(-c2ccco2)oc2ccc(Cl)cc2c1=O)C(=O)Nc1ccc(Oc2ccccc2)cc1. The molecule has 0 saturated carbocycles. The van der Waals surface area contributed by atoms with Crippen LogP contribution in [0.3, 0.4) is 0 Å². The molecule has 0 radical (unpaired) electrons. The van der Waals surface area contributed by atoms with E-state index >= 15 is 0 Å². The highest BCUT2D eigenvalue weighted by molar-refractivity contribution is 6.31. The molecule has 36 heavy (non-hydrogen) atoms. The number of carbonyl (C=O) groups is 1. The van der Waals surface area contributed by atoms with Crippen LogP contribution in [0.15, 0.2) is 105 Å². The van der Waals surface area contributed by atoms with Crippen LogP contribution in [0.2, 0.25) is 5.02 Å². The molecule has 1 amide bonds. The van der Waals surface area contributed by atoms with E-state index in [0.29, 0.717) is 33.6 Å². The Morgan fingerprint density at radius 3 is 2.42 bits per heavy atom. The lowest BCUT2D eigenvalue weighted by molar-refractivity contribution is -0.122. The molecule has 1 atom stereocenters. The maximum Gasteiger partial charge on any atom is 0.265 e. The lowest BCUT2D eigenvalue weighted by Crippen LogP contribution is -2.31. The number of nitrogens with one attached hydrogen (secondary N) is 1. The van der Waals surface area contributed by atoms with Crippen LogP contribution in [0, 0.1) is 0 Å². The zero-order valence-corrected chi connectivity index (χ0v) is 19.8. The lowest BCUT2D eigenvalue weighted by atomic mass is 10.2. The van der Waals surface area contributed by atoms with Gasteiger partial charge in [-0.3, -0.25) is 9.59 Å². The van der Waals surface area contributed by atoms with E-state index in [9.17, 15) is 9.59 Å². The number of ether oxygens (including phenoxy) is 2. The normalized spacial score (nSPS) is 11.7. The third kappa shape index (κ3) is 4.96. The second kappa shape index (κ2) is 10.0. The summed E-state index contributed by atoms with van der Waals surface area (Å²) in [7, 11) is 0. The first-order valence-electron chi connectivity index (χ1n) is 11.1. The molecule has 2 aromatic heterocycles. The number of rotatable bonds is 7. The minimum absolute atomic E-state index is 0.0851. The van der Waals surface area contributed by atoms with Crippen LogP contribution in [-0.2, 0) is 4.79 Å². The van der Waals surface area contributed by atoms with Gasteiger partial charge < -0.3 is 23.6 Å². The number of carbonyl (C=O) groups excluding carboxylic acids is 1. The molecule has 180 valence electrons. The number of furan rings is 1. The average Bonchev–Trinajstić information content (AvgIpc) is 3.42. The molecule has 2 heterocycles. The van der Waals surface area contributed by atoms with E-state index in [0.717, 1.165) is 0 Å². The standard InChI is InChI=1S/C28H20ClNO6/c1-17(28(32)30-19-10-12-21(13-11-19)35-20-6-3-2-4-7-20)34-27-25(31)22-16-18(29)9-14-23(22)36-26(27)24-8-5-15-33-24/h2-17H,1H3,(H,30,32). The Labute approximate surface area is 210 Å². The van der Waals surface area contributed by atoms with Crippen molar-refractivity contribution < 1.29 is 23.1 Å². The molecule has 8 heteroatoms. The van der Waals surface area contributed by atoms with Crippen molar-refractivity contribution in [2.24, 2.45) is 0 Å². The molecule has 0 aliphatic heterocycles. The summed E-state index contributed by atoms with van der Waals surface area (Å²) in [6.45, 7) is 1.54. The molecule has 7 nitrogen and oxygen atoms in total. The first-order valence-corrected chi connectivity index (χ1v) is 11.5. The summed E-state index contributed by atoms with van der Waals surface area (Å²) in [4.78, 5) is 26.1. The smallest absolute Gasteiger partial charge is 0.265 e. The van der Waals surface area contributed by atoms with Gasteiger partial charge in [-0.05, 0) is 73.7 Å². The summed E-state index contributed by atoms with van der Waals surface area (Å²) < 4.78 is 22.9. The van der Waals surface area contributed by atoms with E-state index in [1.807, 2.05) is 30.3 Å². The van der Waals surface area contributed by atoms with Crippen molar-refractivity contribution in [1.82, 2.24) is 0 Å². The minimum atomic E-state index is -1.03. The van der Waals surface area contributed by atoms with Gasteiger partial charge in [-0.25, -0.2) is 0 Å². The molecule has 0 aliphatic carbocycles. The fraction of sp³-hybridized carbons (Fsp3) is 0.0714. The van der Waals surface area contributed by atoms with Gasteiger partial charge >= 0.3 is 0 Å².